The largest absolute Gasteiger partial charge is 0.497 e. The molecule has 0 unspecified atom stereocenters. The number of aryl methyl sites for hydroxylation is 1. The van der Waals surface area contributed by atoms with Gasteiger partial charge >= 0.3 is 0 Å². The Balaban J connectivity index is 1.18. The highest BCUT2D eigenvalue weighted by molar-refractivity contribution is 7.91. The fourth-order valence-electron chi connectivity index (χ4n) is 9.45. The van der Waals surface area contributed by atoms with Crippen LogP contribution in [0.3, 0.4) is 0 Å². The predicted octanol–water partition coefficient (Wildman–Crippen LogP) is 5.36. The van der Waals surface area contributed by atoms with E-state index in [0.29, 0.717) is 48.5 Å². The van der Waals surface area contributed by atoms with Crippen LogP contribution in [0.4, 0.5) is 0 Å². The minimum absolute atomic E-state index is 0.0143. The van der Waals surface area contributed by atoms with Crippen molar-refractivity contribution in [3.8, 4) is 22.8 Å². The molecule has 314 valence electrons. The third-order valence-electron chi connectivity index (χ3n) is 13.0. The van der Waals surface area contributed by atoms with Gasteiger partial charge in [0.2, 0.25) is 27.7 Å². The number of hydrogen-bond donors (Lipinski definition) is 3. The van der Waals surface area contributed by atoms with Gasteiger partial charge in [0.05, 0.1) is 30.1 Å². The van der Waals surface area contributed by atoms with Gasteiger partial charge in [-0.1, -0.05) is 62.1 Å². The number of carbonyl (C=O) groups is 4. The number of fused-ring (bicyclic) bond motifs is 2. The lowest BCUT2D eigenvalue weighted by molar-refractivity contribution is -0.146. The predicted molar refractivity (Wildman–Crippen MR) is 223 cm³/mol. The van der Waals surface area contributed by atoms with Crippen LogP contribution in [0.5, 0.6) is 11.5 Å². The lowest BCUT2D eigenvalue weighted by Crippen LogP contribution is -2.57. The molecule has 3 N–H and O–H groups in total. The highest BCUT2D eigenvalue weighted by Gasteiger charge is 2.62. The Labute approximate surface area is 346 Å². The zero-order valence-corrected chi connectivity index (χ0v) is 34.6. The normalized spacial score (nSPS) is 26.9. The second-order valence-corrected chi connectivity index (χ2v) is 19.0. The molecular formula is C45H55N5O8S. The molecular weight excluding hydrogens is 771 g/mol. The Morgan fingerprint density at radius 3 is 2.49 bits per heavy atom. The third-order valence-corrected chi connectivity index (χ3v) is 14.8. The number of methoxy groups -OCH3 is 1. The number of benzene rings is 2. The van der Waals surface area contributed by atoms with Crippen LogP contribution >= 0.6 is 0 Å². The number of rotatable bonds is 9. The summed E-state index contributed by atoms with van der Waals surface area (Å²) < 4.78 is 40.7. The Morgan fingerprint density at radius 1 is 1.02 bits per heavy atom. The molecule has 3 saturated carbocycles. The fraction of sp³-hybridized carbons (Fsp3) is 0.533. The molecule has 5 atom stereocenters. The number of sulfonamides is 1. The van der Waals surface area contributed by atoms with E-state index in [2.05, 4.69) is 21.9 Å². The molecule has 1 saturated heterocycles. The number of aromatic nitrogens is 1. The van der Waals surface area contributed by atoms with Crippen LogP contribution in [-0.2, 0) is 35.6 Å². The first-order chi connectivity index (χ1) is 28.5. The molecule has 4 fully saturated rings. The zero-order valence-electron chi connectivity index (χ0n) is 33.7. The number of hydrogen-bond acceptors (Lipinski definition) is 9. The van der Waals surface area contributed by atoms with Gasteiger partial charge in [-0.3, -0.25) is 23.9 Å². The first-order valence-corrected chi connectivity index (χ1v) is 22.9. The van der Waals surface area contributed by atoms with Crippen molar-refractivity contribution >= 4 is 44.6 Å². The molecule has 0 radical (unpaired) electrons. The smallest absolute Gasteiger partial charge is 0.259 e. The lowest BCUT2D eigenvalue weighted by atomic mass is 9.77. The van der Waals surface area contributed by atoms with E-state index in [1.165, 1.54) is 0 Å². The summed E-state index contributed by atoms with van der Waals surface area (Å²) in [6.07, 6.45) is 9.96. The zero-order chi connectivity index (χ0) is 41.3. The summed E-state index contributed by atoms with van der Waals surface area (Å²) in [7, 11) is -2.27. The maximum Gasteiger partial charge on any atom is 0.259 e. The molecule has 2 aromatic carbocycles. The van der Waals surface area contributed by atoms with Gasteiger partial charge in [-0.05, 0) is 68.9 Å². The quantitative estimate of drug-likeness (QED) is 0.240. The maximum atomic E-state index is 15.0. The van der Waals surface area contributed by atoms with E-state index in [0.717, 1.165) is 67.9 Å². The average molecular weight is 826 g/mol. The number of nitrogens with one attached hydrogen (secondary N) is 3. The van der Waals surface area contributed by atoms with Crippen LogP contribution in [-0.4, -0.2) is 85.1 Å². The van der Waals surface area contributed by atoms with E-state index in [1.54, 1.807) is 18.1 Å². The van der Waals surface area contributed by atoms with Crippen molar-refractivity contribution in [2.45, 2.75) is 113 Å². The van der Waals surface area contributed by atoms with Crippen molar-refractivity contribution in [1.82, 2.24) is 25.2 Å². The Kier molecular flexibility index (Phi) is 11.7. The topological polar surface area (TPSA) is 173 Å². The molecule has 14 heteroatoms. The molecule has 5 aliphatic rings. The van der Waals surface area contributed by atoms with Crippen molar-refractivity contribution in [2.75, 3.05) is 20.2 Å². The van der Waals surface area contributed by atoms with Gasteiger partial charge in [-0.15, -0.1) is 6.58 Å². The summed E-state index contributed by atoms with van der Waals surface area (Å²) in [6.45, 7) is 4.40. The van der Waals surface area contributed by atoms with Gasteiger partial charge in [0, 0.05) is 54.3 Å². The van der Waals surface area contributed by atoms with Crippen molar-refractivity contribution in [2.24, 2.45) is 17.8 Å². The third kappa shape index (κ3) is 8.69. The van der Waals surface area contributed by atoms with Gasteiger partial charge in [0.1, 0.15) is 29.2 Å². The number of amides is 4. The Morgan fingerprint density at radius 2 is 1.78 bits per heavy atom. The van der Waals surface area contributed by atoms with Crippen molar-refractivity contribution < 1.29 is 37.1 Å². The molecule has 59 heavy (non-hydrogen) atoms. The van der Waals surface area contributed by atoms with Gasteiger partial charge < -0.3 is 25.0 Å². The number of ether oxygens (including phenoxy) is 2. The van der Waals surface area contributed by atoms with E-state index in [4.69, 9.17) is 14.5 Å². The number of carbonyl (C=O) groups excluding carboxylic acids is 4. The SMILES string of the molecule is C=C[C@@H]1C[C@]1(NC(=O)[C@@H]1C[C@@H]2CN1C(=O)[C@H](C1CCCCC1)CC(=O)NCCCCCc1cc(OC)cc3nc(-c4ccccc4)cc(c13)O2)C(=O)NS(=O)(=O)C1CC1. The van der Waals surface area contributed by atoms with Crippen molar-refractivity contribution in [3.05, 3.63) is 66.7 Å². The summed E-state index contributed by atoms with van der Waals surface area (Å²) >= 11 is 0. The maximum absolute atomic E-state index is 15.0. The standard InChI is InChI=1S/C45H55N5O8S/c1-3-31-26-45(31,44(54)49-59(55,56)34-18-19-34)48-42(52)38-23-33-27-50(38)43(53)35(28-13-7-4-8-14-28)24-40(51)46-20-12-6-11-17-30-21-32(57-2)22-37-41(30)39(58-33)25-36(47-37)29-15-9-5-10-16-29/h3,5,9-10,15-16,21-22,25,28,31,33-35,38H,1,4,6-8,11-14,17-20,23-24,26-27H2,2H3,(H,46,51)(H,48,52)(H,49,54)/t31-,33-,35+,38+,45-/m1/s1. The van der Waals surface area contributed by atoms with Crippen molar-refractivity contribution in [3.63, 3.8) is 0 Å². The van der Waals surface area contributed by atoms with Crippen LogP contribution in [0.2, 0.25) is 0 Å². The molecule has 3 aliphatic carbocycles. The van der Waals surface area contributed by atoms with Gasteiger partial charge in [0.15, 0.2) is 0 Å². The lowest BCUT2D eigenvalue weighted by Gasteiger charge is -2.34. The fourth-order valence-corrected chi connectivity index (χ4v) is 10.8. The van der Waals surface area contributed by atoms with Crippen molar-refractivity contribution in [1.29, 1.82) is 0 Å². The van der Waals surface area contributed by atoms with Crippen LogP contribution in [0.25, 0.3) is 22.2 Å². The average Bonchev–Trinajstić information content (AvgIpc) is 4.17. The molecule has 8 rings (SSSR count). The van der Waals surface area contributed by atoms with E-state index >= 15 is 4.79 Å². The van der Waals surface area contributed by atoms with Gasteiger partial charge in [-0.25, -0.2) is 13.4 Å². The summed E-state index contributed by atoms with van der Waals surface area (Å²) in [4.78, 5) is 63.6. The Bertz CT molecular complexity index is 2220. The highest BCUT2D eigenvalue weighted by atomic mass is 32.2. The van der Waals surface area contributed by atoms with Crippen LogP contribution in [0, 0.1) is 17.8 Å². The molecule has 3 heterocycles. The minimum Gasteiger partial charge on any atom is -0.497 e. The number of nitrogens with zero attached hydrogens (tertiary/aromatic N) is 2. The second kappa shape index (κ2) is 16.9. The molecule has 2 bridgehead atoms. The van der Waals surface area contributed by atoms with Crippen LogP contribution in [0.1, 0.15) is 89.0 Å². The first-order valence-electron chi connectivity index (χ1n) is 21.3. The van der Waals surface area contributed by atoms with E-state index < -0.39 is 56.6 Å². The second-order valence-electron chi connectivity index (χ2n) is 17.1. The van der Waals surface area contributed by atoms with Crippen LogP contribution in [0.15, 0.2) is 61.2 Å². The monoisotopic (exact) mass is 825 g/mol. The summed E-state index contributed by atoms with van der Waals surface area (Å²) in [5, 5.41) is 6.17. The molecule has 4 amide bonds. The molecule has 1 aromatic heterocycles. The van der Waals surface area contributed by atoms with E-state index in [-0.39, 0.29) is 43.5 Å². The summed E-state index contributed by atoms with van der Waals surface area (Å²) in [5.74, 6) is -1.79. The summed E-state index contributed by atoms with van der Waals surface area (Å²) in [5.41, 5.74) is 1.75. The van der Waals surface area contributed by atoms with E-state index in [1.807, 2.05) is 48.5 Å². The highest BCUT2D eigenvalue weighted by Crippen LogP contribution is 2.46. The van der Waals surface area contributed by atoms with E-state index in [9.17, 15) is 22.8 Å². The molecule has 13 nitrogen and oxygen atoms in total. The minimum atomic E-state index is -3.89. The molecule has 3 aromatic rings. The molecule has 2 aliphatic heterocycles. The number of pyridine rings is 1. The van der Waals surface area contributed by atoms with Crippen LogP contribution < -0.4 is 24.8 Å². The van der Waals surface area contributed by atoms with Gasteiger partial charge in [0.25, 0.3) is 5.91 Å². The summed E-state index contributed by atoms with van der Waals surface area (Å²) in [6, 6.07) is 14.6. The molecule has 0 spiro atoms. The van der Waals surface area contributed by atoms with Gasteiger partial charge in [-0.2, -0.15) is 0 Å². The first kappa shape index (κ1) is 40.8. The Hall–Kier alpha value is -4.98.